The highest BCUT2D eigenvalue weighted by molar-refractivity contribution is 9.10. The van der Waals surface area contributed by atoms with Crippen molar-refractivity contribution in [3.05, 3.63) is 125 Å². The van der Waals surface area contributed by atoms with E-state index in [9.17, 15) is 0 Å². The second-order valence-corrected chi connectivity index (χ2v) is 7.86. The minimum absolute atomic E-state index is 0.465. The molecule has 0 bridgehead atoms. The summed E-state index contributed by atoms with van der Waals surface area (Å²) in [5, 5.41) is 17.5. The summed E-state index contributed by atoms with van der Waals surface area (Å²) < 4.78 is 0.986. The topological polar surface area (TPSA) is 73.5 Å². The molecule has 0 saturated carbocycles. The summed E-state index contributed by atoms with van der Waals surface area (Å²) in [5.74, 6) is 0.465. The predicted molar refractivity (Wildman–Crippen MR) is 139 cm³/mol. The van der Waals surface area contributed by atoms with Crippen molar-refractivity contribution in [2.75, 3.05) is 10.9 Å². The molecule has 0 aliphatic heterocycles. The third-order valence-corrected chi connectivity index (χ3v) is 5.03. The molecule has 0 heterocycles. The molecule has 0 saturated heterocycles. The zero-order valence-electron chi connectivity index (χ0n) is 17.6. The number of rotatable bonds is 7. The van der Waals surface area contributed by atoms with E-state index in [1.807, 2.05) is 109 Å². The molecule has 4 rings (SSSR count). The standard InChI is InChI=1S/C26H21BrN6/c27-22-15-17-25(18-16-22)31-33-26(32-30-24-9-5-2-6-10-24)21-13-11-20(12-14-21)19-28-29-23-7-3-1-4-8-23/h1-19,29-30H/b28-19+,32-26+,33-31?. The molecule has 0 unspecified atom stereocenters. The summed E-state index contributed by atoms with van der Waals surface area (Å²) in [6.45, 7) is 0. The maximum absolute atomic E-state index is 4.48. The number of anilines is 2. The zero-order valence-corrected chi connectivity index (χ0v) is 19.2. The summed E-state index contributed by atoms with van der Waals surface area (Å²) in [6, 6.07) is 34.9. The predicted octanol–water partition coefficient (Wildman–Crippen LogP) is 7.45. The van der Waals surface area contributed by atoms with Crippen LogP contribution < -0.4 is 10.9 Å². The van der Waals surface area contributed by atoms with Crippen LogP contribution in [-0.4, -0.2) is 12.1 Å². The van der Waals surface area contributed by atoms with E-state index in [1.165, 1.54) is 0 Å². The Labute approximate surface area is 200 Å². The van der Waals surface area contributed by atoms with Gasteiger partial charge in [-0.1, -0.05) is 76.6 Å². The van der Waals surface area contributed by atoms with Gasteiger partial charge in [0.05, 0.1) is 23.3 Å². The lowest BCUT2D eigenvalue weighted by atomic mass is 10.1. The minimum atomic E-state index is 0.465. The fourth-order valence-electron chi connectivity index (χ4n) is 2.80. The average molecular weight is 497 g/mol. The van der Waals surface area contributed by atoms with Gasteiger partial charge in [0.2, 0.25) is 5.84 Å². The second-order valence-electron chi connectivity index (χ2n) is 6.95. The number of hydrogen-bond donors (Lipinski definition) is 2. The number of benzene rings is 4. The summed E-state index contributed by atoms with van der Waals surface area (Å²) >= 11 is 3.43. The van der Waals surface area contributed by atoms with Crippen LogP contribution in [0.25, 0.3) is 0 Å². The van der Waals surface area contributed by atoms with Gasteiger partial charge in [-0.3, -0.25) is 10.9 Å². The smallest absolute Gasteiger partial charge is 0.201 e. The van der Waals surface area contributed by atoms with Crippen LogP contribution in [0.15, 0.2) is 134 Å². The Hall–Kier alpha value is -4.10. The monoisotopic (exact) mass is 496 g/mol. The molecule has 0 atom stereocenters. The van der Waals surface area contributed by atoms with Gasteiger partial charge in [-0.2, -0.15) is 10.2 Å². The largest absolute Gasteiger partial charge is 0.279 e. The molecule has 0 spiro atoms. The van der Waals surface area contributed by atoms with Gasteiger partial charge in [0.25, 0.3) is 0 Å². The van der Waals surface area contributed by atoms with Crippen molar-refractivity contribution in [2.24, 2.45) is 20.4 Å². The SMILES string of the molecule is Brc1ccc(N=N/C(=N/Nc2ccccc2)c2ccc(/C=N/Nc3ccccc3)cc2)cc1. The Balaban J connectivity index is 1.52. The Bertz CT molecular complexity index is 1240. The van der Waals surface area contributed by atoms with Crippen LogP contribution in [-0.2, 0) is 0 Å². The van der Waals surface area contributed by atoms with Crippen LogP contribution in [0.1, 0.15) is 11.1 Å². The van der Waals surface area contributed by atoms with E-state index in [2.05, 4.69) is 47.2 Å². The van der Waals surface area contributed by atoms with Gasteiger partial charge >= 0.3 is 0 Å². The highest BCUT2D eigenvalue weighted by atomic mass is 79.9. The quantitative estimate of drug-likeness (QED) is 0.120. The first-order chi connectivity index (χ1) is 16.3. The molecule has 0 aliphatic rings. The Morgan fingerprint density at radius 2 is 1.27 bits per heavy atom. The molecular formula is C26H21BrN6. The van der Waals surface area contributed by atoms with Gasteiger partial charge < -0.3 is 0 Å². The number of azo groups is 1. The molecule has 0 fully saturated rings. The van der Waals surface area contributed by atoms with E-state index >= 15 is 0 Å². The highest BCUT2D eigenvalue weighted by Gasteiger charge is 2.04. The van der Waals surface area contributed by atoms with Crippen molar-refractivity contribution in [3.8, 4) is 0 Å². The average Bonchev–Trinajstić information content (AvgIpc) is 2.87. The van der Waals surface area contributed by atoms with Gasteiger partial charge in [0.15, 0.2) is 0 Å². The maximum atomic E-state index is 4.48. The number of hydrazone groups is 2. The lowest BCUT2D eigenvalue weighted by molar-refractivity contribution is 1.22. The third-order valence-electron chi connectivity index (χ3n) is 4.50. The van der Waals surface area contributed by atoms with Gasteiger partial charge in [-0.15, -0.1) is 10.2 Å². The Morgan fingerprint density at radius 3 is 1.91 bits per heavy atom. The van der Waals surface area contributed by atoms with Crippen LogP contribution in [0.3, 0.4) is 0 Å². The van der Waals surface area contributed by atoms with Gasteiger partial charge in [0.1, 0.15) is 0 Å². The fraction of sp³-hybridized carbons (Fsp3) is 0. The number of nitrogens with zero attached hydrogens (tertiary/aromatic N) is 4. The molecule has 0 aromatic heterocycles. The summed E-state index contributed by atoms with van der Waals surface area (Å²) in [4.78, 5) is 0. The molecule has 4 aromatic rings. The lowest BCUT2D eigenvalue weighted by Crippen LogP contribution is -2.01. The van der Waals surface area contributed by atoms with Crippen LogP contribution >= 0.6 is 15.9 Å². The van der Waals surface area contributed by atoms with Crippen molar-refractivity contribution in [1.29, 1.82) is 0 Å². The lowest BCUT2D eigenvalue weighted by Gasteiger charge is -2.04. The third kappa shape index (κ3) is 6.95. The van der Waals surface area contributed by atoms with Crippen LogP contribution in [0.4, 0.5) is 17.1 Å². The first kappa shape index (κ1) is 22.1. The van der Waals surface area contributed by atoms with Gasteiger partial charge in [0, 0.05) is 10.0 Å². The van der Waals surface area contributed by atoms with Crippen molar-refractivity contribution < 1.29 is 0 Å². The van der Waals surface area contributed by atoms with Crippen molar-refractivity contribution in [2.45, 2.75) is 0 Å². The molecule has 33 heavy (non-hydrogen) atoms. The molecule has 2 N–H and O–H groups in total. The van der Waals surface area contributed by atoms with Crippen LogP contribution in [0.5, 0.6) is 0 Å². The summed E-state index contributed by atoms with van der Waals surface area (Å²) in [5.41, 5.74) is 10.4. The highest BCUT2D eigenvalue weighted by Crippen LogP contribution is 2.18. The molecule has 7 heteroatoms. The number of halogens is 1. The molecule has 6 nitrogen and oxygen atoms in total. The minimum Gasteiger partial charge on any atom is -0.279 e. The van der Waals surface area contributed by atoms with Crippen molar-refractivity contribution in [1.82, 2.24) is 0 Å². The number of nitrogens with one attached hydrogen (secondary N) is 2. The van der Waals surface area contributed by atoms with E-state index in [-0.39, 0.29) is 0 Å². The van der Waals surface area contributed by atoms with E-state index < -0.39 is 0 Å². The zero-order chi connectivity index (χ0) is 22.7. The Kier molecular flexibility index (Phi) is 7.70. The molecule has 0 amide bonds. The first-order valence-corrected chi connectivity index (χ1v) is 11.1. The molecular weight excluding hydrogens is 476 g/mol. The number of amidine groups is 1. The number of hydrogen-bond acceptors (Lipinski definition) is 5. The first-order valence-electron chi connectivity index (χ1n) is 10.3. The second kappa shape index (κ2) is 11.5. The van der Waals surface area contributed by atoms with E-state index in [4.69, 9.17) is 0 Å². The van der Waals surface area contributed by atoms with Crippen LogP contribution in [0, 0.1) is 0 Å². The van der Waals surface area contributed by atoms with Crippen molar-refractivity contribution >= 4 is 45.0 Å². The summed E-state index contributed by atoms with van der Waals surface area (Å²) in [6.07, 6.45) is 1.76. The Morgan fingerprint density at radius 1 is 0.667 bits per heavy atom. The van der Waals surface area contributed by atoms with Gasteiger partial charge in [-0.05, 0) is 54.1 Å². The summed E-state index contributed by atoms with van der Waals surface area (Å²) in [7, 11) is 0. The maximum Gasteiger partial charge on any atom is 0.201 e. The normalized spacial score (nSPS) is 11.7. The van der Waals surface area contributed by atoms with E-state index in [1.54, 1.807) is 6.21 Å². The van der Waals surface area contributed by atoms with E-state index in [0.717, 1.165) is 32.7 Å². The molecule has 0 aliphatic carbocycles. The number of para-hydroxylation sites is 2. The van der Waals surface area contributed by atoms with Crippen molar-refractivity contribution in [3.63, 3.8) is 0 Å². The molecule has 4 aromatic carbocycles. The molecule has 162 valence electrons. The van der Waals surface area contributed by atoms with Gasteiger partial charge in [-0.25, -0.2) is 0 Å². The fourth-order valence-corrected chi connectivity index (χ4v) is 3.06. The molecule has 0 radical (unpaired) electrons. The van der Waals surface area contributed by atoms with Crippen LogP contribution in [0.2, 0.25) is 0 Å². The van der Waals surface area contributed by atoms with E-state index in [0.29, 0.717) is 5.84 Å².